The van der Waals surface area contributed by atoms with E-state index in [0.29, 0.717) is 5.91 Å². The van der Waals surface area contributed by atoms with E-state index in [1.54, 1.807) is 11.3 Å². The number of hydrogen-bond acceptors (Lipinski definition) is 3. The van der Waals surface area contributed by atoms with E-state index in [9.17, 15) is 4.79 Å². The Morgan fingerprint density at radius 1 is 1.23 bits per heavy atom. The summed E-state index contributed by atoms with van der Waals surface area (Å²) in [7, 11) is 0. The summed E-state index contributed by atoms with van der Waals surface area (Å²) in [5, 5.41) is 7.60. The van der Waals surface area contributed by atoms with Crippen molar-refractivity contribution < 1.29 is 4.79 Å². The van der Waals surface area contributed by atoms with E-state index in [0.717, 1.165) is 35.8 Å². The van der Waals surface area contributed by atoms with Gasteiger partial charge in [0, 0.05) is 23.5 Å². The van der Waals surface area contributed by atoms with Gasteiger partial charge in [-0.25, -0.2) is 0 Å². The van der Waals surface area contributed by atoms with Gasteiger partial charge in [0.05, 0.1) is 0 Å². The van der Waals surface area contributed by atoms with Gasteiger partial charge in [0.25, 0.3) is 0 Å². The Labute approximate surface area is 141 Å². The third-order valence-electron chi connectivity index (χ3n) is 5.90. The topological polar surface area (TPSA) is 29.1 Å². The van der Waals surface area contributed by atoms with Crippen molar-refractivity contribution in [1.29, 1.82) is 0 Å². The first kappa shape index (κ1) is 15.1. The Kier molecular flexibility index (Phi) is 4.25. The van der Waals surface area contributed by atoms with Gasteiger partial charge >= 0.3 is 0 Å². The molecule has 5 rings (SSSR count). The fourth-order valence-corrected chi connectivity index (χ4v) is 6.96. The number of thiophene rings is 1. The Hall–Kier alpha value is -0.480. The van der Waals surface area contributed by atoms with Gasteiger partial charge in [0.2, 0.25) is 5.91 Å². The number of carbonyl (C=O) groups is 1. The molecule has 0 aromatic carbocycles. The van der Waals surface area contributed by atoms with Crippen molar-refractivity contribution in [3.8, 4) is 0 Å². The molecule has 4 saturated carbocycles. The lowest BCUT2D eigenvalue weighted by Gasteiger charge is -2.55. The molecular weight excluding hydrogens is 310 g/mol. The SMILES string of the molecule is O=C(NCCSCc1ccsc1)C12CC3CC(CC(C3)C1)C2. The summed E-state index contributed by atoms with van der Waals surface area (Å²) in [5.41, 5.74) is 1.43. The van der Waals surface area contributed by atoms with Crippen LogP contribution in [0.5, 0.6) is 0 Å². The van der Waals surface area contributed by atoms with E-state index < -0.39 is 0 Å². The van der Waals surface area contributed by atoms with Crippen LogP contribution in [0.1, 0.15) is 44.1 Å². The van der Waals surface area contributed by atoms with Gasteiger partial charge in [-0.3, -0.25) is 4.79 Å². The quantitative estimate of drug-likeness (QED) is 0.785. The molecule has 1 aromatic heterocycles. The lowest BCUT2D eigenvalue weighted by atomic mass is 9.49. The molecule has 1 heterocycles. The van der Waals surface area contributed by atoms with Crippen molar-refractivity contribution in [1.82, 2.24) is 5.32 Å². The molecule has 4 heteroatoms. The van der Waals surface area contributed by atoms with Crippen molar-refractivity contribution in [2.45, 2.75) is 44.3 Å². The van der Waals surface area contributed by atoms with Crippen molar-refractivity contribution in [3.63, 3.8) is 0 Å². The van der Waals surface area contributed by atoms with E-state index in [1.807, 2.05) is 11.8 Å². The second-order valence-electron chi connectivity index (χ2n) is 7.64. The zero-order valence-corrected chi connectivity index (χ0v) is 14.7. The number of carbonyl (C=O) groups excluding carboxylic acids is 1. The van der Waals surface area contributed by atoms with Crippen LogP contribution in [0.3, 0.4) is 0 Å². The standard InChI is InChI=1S/C18H25NOS2/c20-17(19-2-4-22-12-13-1-3-21-11-13)18-8-14-5-15(9-18)7-16(6-14)10-18/h1,3,11,14-16H,2,4-10,12H2,(H,19,20). The molecule has 22 heavy (non-hydrogen) atoms. The third-order valence-corrected chi connectivity index (χ3v) is 7.66. The summed E-state index contributed by atoms with van der Waals surface area (Å²) in [4.78, 5) is 12.8. The first-order valence-corrected chi connectivity index (χ1v) is 10.7. The second-order valence-corrected chi connectivity index (χ2v) is 9.52. The minimum absolute atomic E-state index is 0.0206. The summed E-state index contributed by atoms with van der Waals surface area (Å²) in [6.45, 7) is 0.829. The van der Waals surface area contributed by atoms with Gasteiger partial charge in [0.15, 0.2) is 0 Å². The normalized spacial score (nSPS) is 35.7. The molecule has 2 nitrogen and oxygen atoms in total. The van der Waals surface area contributed by atoms with Crippen LogP contribution in [0.4, 0.5) is 0 Å². The zero-order valence-electron chi connectivity index (χ0n) is 13.1. The lowest BCUT2D eigenvalue weighted by molar-refractivity contribution is -0.146. The molecule has 0 unspecified atom stereocenters. The Balaban J connectivity index is 1.24. The fraction of sp³-hybridized carbons (Fsp3) is 0.722. The predicted molar refractivity (Wildman–Crippen MR) is 94.1 cm³/mol. The molecule has 4 bridgehead atoms. The van der Waals surface area contributed by atoms with E-state index in [2.05, 4.69) is 22.1 Å². The van der Waals surface area contributed by atoms with Crippen LogP contribution in [0.15, 0.2) is 16.8 Å². The average molecular weight is 336 g/mol. The van der Waals surface area contributed by atoms with Gasteiger partial charge in [-0.2, -0.15) is 23.1 Å². The maximum atomic E-state index is 12.8. The molecule has 120 valence electrons. The summed E-state index contributed by atoms with van der Waals surface area (Å²) in [6.07, 6.45) is 7.74. The van der Waals surface area contributed by atoms with Crippen LogP contribution in [0.2, 0.25) is 0 Å². The van der Waals surface area contributed by atoms with E-state index in [1.165, 1.54) is 44.1 Å². The predicted octanol–water partition coefficient (Wildman–Crippen LogP) is 4.31. The highest BCUT2D eigenvalue weighted by molar-refractivity contribution is 7.98. The van der Waals surface area contributed by atoms with Crippen LogP contribution in [-0.2, 0) is 10.5 Å². The average Bonchev–Trinajstić information content (AvgIpc) is 2.98. The molecule has 0 spiro atoms. The van der Waals surface area contributed by atoms with Gasteiger partial charge in [-0.05, 0) is 78.7 Å². The van der Waals surface area contributed by atoms with Crippen molar-refractivity contribution >= 4 is 29.0 Å². The van der Waals surface area contributed by atoms with Crippen LogP contribution in [-0.4, -0.2) is 18.2 Å². The van der Waals surface area contributed by atoms with Crippen molar-refractivity contribution in [2.24, 2.45) is 23.2 Å². The second kappa shape index (κ2) is 6.20. The van der Waals surface area contributed by atoms with E-state index in [4.69, 9.17) is 0 Å². The Bertz CT molecular complexity index is 490. The number of amides is 1. The molecule has 0 radical (unpaired) electrons. The molecule has 4 fully saturated rings. The minimum Gasteiger partial charge on any atom is -0.355 e. The van der Waals surface area contributed by atoms with Gasteiger partial charge in [0.1, 0.15) is 0 Å². The molecule has 0 saturated heterocycles. The summed E-state index contributed by atoms with van der Waals surface area (Å²) in [5.74, 6) is 5.02. The number of thioether (sulfide) groups is 1. The first-order chi connectivity index (χ1) is 10.7. The molecule has 4 aliphatic carbocycles. The largest absolute Gasteiger partial charge is 0.355 e. The van der Waals surface area contributed by atoms with E-state index >= 15 is 0 Å². The van der Waals surface area contributed by atoms with Crippen LogP contribution >= 0.6 is 23.1 Å². The highest BCUT2D eigenvalue weighted by atomic mass is 32.2. The summed E-state index contributed by atoms with van der Waals surface area (Å²) < 4.78 is 0. The molecule has 0 aliphatic heterocycles. The minimum atomic E-state index is 0.0206. The Morgan fingerprint density at radius 2 is 1.91 bits per heavy atom. The zero-order chi connectivity index (χ0) is 15.0. The van der Waals surface area contributed by atoms with Gasteiger partial charge in [-0.1, -0.05) is 0 Å². The van der Waals surface area contributed by atoms with Gasteiger partial charge < -0.3 is 5.32 Å². The number of hydrogen-bond donors (Lipinski definition) is 1. The first-order valence-electron chi connectivity index (χ1n) is 8.61. The van der Waals surface area contributed by atoms with Crippen molar-refractivity contribution in [3.05, 3.63) is 22.4 Å². The fourth-order valence-electron chi connectivity index (χ4n) is 5.38. The van der Waals surface area contributed by atoms with Crippen LogP contribution in [0, 0.1) is 23.2 Å². The lowest BCUT2D eigenvalue weighted by Crippen LogP contribution is -2.53. The summed E-state index contributed by atoms with van der Waals surface area (Å²) >= 11 is 3.68. The highest BCUT2D eigenvalue weighted by Gasteiger charge is 2.54. The molecule has 0 atom stereocenters. The number of rotatable bonds is 6. The number of nitrogens with one attached hydrogen (secondary N) is 1. The Morgan fingerprint density at radius 3 is 2.50 bits per heavy atom. The van der Waals surface area contributed by atoms with Crippen LogP contribution in [0.25, 0.3) is 0 Å². The molecule has 4 aliphatic rings. The van der Waals surface area contributed by atoms with Crippen LogP contribution < -0.4 is 5.32 Å². The molecule has 1 N–H and O–H groups in total. The smallest absolute Gasteiger partial charge is 0.226 e. The maximum Gasteiger partial charge on any atom is 0.226 e. The van der Waals surface area contributed by atoms with Crippen molar-refractivity contribution in [2.75, 3.05) is 12.3 Å². The summed E-state index contributed by atoms with van der Waals surface area (Å²) in [6, 6.07) is 2.19. The van der Waals surface area contributed by atoms with Gasteiger partial charge in [-0.15, -0.1) is 0 Å². The monoisotopic (exact) mass is 335 g/mol. The molecule has 1 aromatic rings. The molecule has 1 amide bonds. The maximum absolute atomic E-state index is 12.8. The van der Waals surface area contributed by atoms with E-state index in [-0.39, 0.29) is 5.41 Å². The highest BCUT2D eigenvalue weighted by Crippen LogP contribution is 2.60. The third kappa shape index (κ3) is 2.96. The molecular formula is C18H25NOS2.